The third-order valence-electron chi connectivity index (χ3n) is 1.87. The zero-order chi connectivity index (χ0) is 11.1. The fraction of sp³-hybridized carbons (Fsp3) is 0.167. The van der Waals surface area contributed by atoms with Gasteiger partial charge in [0.1, 0.15) is 5.82 Å². The zero-order valence-electron chi connectivity index (χ0n) is 8.07. The number of rotatable bonds is 3. The van der Waals surface area contributed by atoms with Gasteiger partial charge in [-0.05, 0) is 11.6 Å². The molecular weight excluding hydrogens is 191 g/mol. The van der Waals surface area contributed by atoms with E-state index in [1.54, 1.807) is 24.3 Å². The molecule has 0 aliphatic carbocycles. The topological polar surface area (TPSA) is 47.6 Å². The van der Waals surface area contributed by atoms with Crippen LogP contribution in [-0.2, 0) is 6.42 Å². The number of benzene rings is 1. The van der Waals surface area contributed by atoms with E-state index >= 15 is 0 Å². The van der Waals surface area contributed by atoms with Gasteiger partial charge in [-0.15, -0.1) is 0 Å². The van der Waals surface area contributed by atoms with Crippen LogP contribution in [-0.4, -0.2) is 0 Å². The second kappa shape index (κ2) is 5.57. The van der Waals surface area contributed by atoms with E-state index in [4.69, 9.17) is 10.5 Å². The van der Waals surface area contributed by atoms with Crippen molar-refractivity contribution >= 4 is 6.08 Å². The molecule has 0 unspecified atom stereocenters. The molecule has 0 aliphatic rings. The number of nitriles is 2. The summed E-state index contributed by atoms with van der Waals surface area (Å²) in [5.74, 6) is -0.379. The van der Waals surface area contributed by atoms with Gasteiger partial charge in [-0.3, -0.25) is 0 Å². The minimum Gasteiger partial charge on any atom is -0.207 e. The monoisotopic (exact) mass is 200 g/mol. The largest absolute Gasteiger partial charge is 0.207 e. The number of nitrogens with zero attached hydrogens (tertiary/aromatic N) is 2. The summed E-state index contributed by atoms with van der Waals surface area (Å²) in [5, 5.41) is 16.7. The molecule has 1 rings (SSSR count). The van der Waals surface area contributed by atoms with Crippen LogP contribution in [0.2, 0.25) is 0 Å². The van der Waals surface area contributed by atoms with Crippen LogP contribution in [0.1, 0.15) is 17.5 Å². The van der Waals surface area contributed by atoms with E-state index in [9.17, 15) is 4.39 Å². The van der Waals surface area contributed by atoms with Gasteiger partial charge in [-0.1, -0.05) is 24.3 Å². The van der Waals surface area contributed by atoms with Gasteiger partial charge < -0.3 is 0 Å². The van der Waals surface area contributed by atoms with Crippen molar-refractivity contribution in [2.45, 2.75) is 12.8 Å². The highest BCUT2D eigenvalue weighted by atomic mass is 19.1. The minimum absolute atomic E-state index is 0.0774. The maximum atomic E-state index is 13.3. The number of hydrogen-bond donors (Lipinski definition) is 0. The van der Waals surface area contributed by atoms with Crippen molar-refractivity contribution in [3.8, 4) is 12.1 Å². The average Bonchev–Trinajstić information content (AvgIpc) is 2.23. The van der Waals surface area contributed by atoms with Gasteiger partial charge in [-0.25, -0.2) is 4.39 Å². The maximum Gasteiger partial charge on any atom is 0.128 e. The first kappa shape index (κ1) is 10.9. The van der Waals surface area contributed by atoms with Crippen LogP contribution in [0.4, 0.5) is 4.39 Å². The van der Waals surface area contributed by atoms with Crippen molar-refractivity contribution in [3.05, 3.63) is 41.2 Å². The van der Waals surface area contributed by atoms with Gasteiger partial charge >= 0.3 is 0 Å². The maximum absolute atomic E-state index is 13.3. The fourth-order valence-electron chi connectivity index (χ4n) is 1.14. The predicted octanol–water partition coefficient (Wildman–Crippen LogP) is 2.82. The summed E-state index contributed by atoms with van der Waals surface area (Å²) in [7, 11) is 0. The second-order valence-corrected chi connectivity index (χ2v) is 2.95. The molecule has 74 valence electrons. The Kier molecular flexibility index (Phi) is 4.06. The zero-order valence-corrected chi connectivity index (χ0v) is 8.07. The summed E-state index contributed by atoms with van der Waals surface area (Å²) in [4.78, 5) is 0. The van der Waals surface area contributed by atoms with Crippen molar-refractivity contribution in [2.75, 3.05) is 0 Å². The summed E-state index contributed by atoms with van der Waals surface area (Å²) in [6.07, 6.45) is 3.73. The van der Waals surface area contributed by atoms with Crippen molar-refractivity contribution in [2.24, 2.45) is 0 Å². The van der Waals surface area contributed by atoms with E-state index in [0.717, 1.165) is 0 Å². The molecule has 0 aliphatic heterocycles. The summed E-state index contributed by atoms with van der Waals surface area (Å²) >= 11 is 0. The van der Waals surface area contributed by atoms with Crippen molar-refractivity contribution in [3.63, 3.8) is 0 Å². The standard InChI is InChI=1S/C12H9FN2/c13-12-9-10(3-1-2-7-14)4-5-11(12)6-8-15/h1,3-5,9H,2,6H2. The van der Waals surface area contributed by atoms with Crippen LogP contribution in [0.25, 0.3) is 6.08 Å². The Bertz CT molecular complexity index is 450. The quantitative estimate of drug-likeness (QED) is 0.753. The molecule has 15 heavy (non-hydrogen) atoms. The summed E-state index contributed by atoms with van der Waals surface area (Å²) in [6.45, 7) is 0. The average molecular weight is 200 g/mol. The Hall–Kier alpha value is -2.13. The Morgan fingerprint density at radius 2 is 2.07 bits per heavy atom. The molecule has 3 heteroatoms. The highest BCUT2D eigenvalue weighted by Crippen LogP contribution is 2.12. The molecule has 0 bridgehead atoms. The third kappa shape index (κ3) is 3.25. The van der Waals surface area contributed by atoms with E-state index in [2.05, 4.69) is 0 Å². The van der Waals surface area contributed by atoms with Crippen molar-refractivity contribution in [1.82, 2.24) is 0 Å². The molecule has 0 N–H and O–H groups in total. The van der Waals surface area contributed by atoms with Gasteiger partial charge in [0.15, 0.2) is 0 Å². The SMILES string of the molecule is N#CCC=Cc1ccc(CC#N)c(F)c1. The Balaban J connectivity index is 2.84. The third-order valence-corrected chi connectivity index (χ3v) is 1.87. The van der Waals surface area contributed by atoms with Crippen LogP contribution >= 0.6 is 0 Å². The van der Waals surface area contributed by atoms with Crippen LogP contribution in [0.3, 0.4) is 0 Å². The van der Waals surface area contributed by atoms with E-state index in [1.165, 1.54) is 6.07 Å². The molecule has 0 fully saturated rings. The van der Waals surface area contributed by atoms with E-state index in [1.807, 2.05) is 12.1 Å². The molecule has 0 amide bonds. The van der Waals surface area contributed by atoms with E-state index in [-0.39, 0.29) is 12.2 Å². The second-order valence-electron chi connectivity index (χ2n) is 2.95. The molecule has 0 saturated carbocycles. The van der Waals surface area contributed by atoms with Crippen molar-refractivity contribution < 1.29 is 4.39 Å². The highest BCUT2D eigenvalue weighted by molar-refractivity contribution is 5.50. The molecule has 0 heterocycles. The normalized spacial score (nSPS) is 9.80. The first-order valence-electron chi connectivity index (χ1n) is 4.47. The predicted molar refractivity (Wildman–Crippen MR) is 55.0 cm³/mol. The number of halogens is 1. The fourth-order valence-corrected chi connectivity index (χ4v) is 1.14. The first-order chi connectivity index (χ1) is 7.27. The lowest BCUT2D eigenvalue weighted by Gasteiger charge is -1.99. The highest BCUT2D eigenvalue weighted by Gasteiger charge is 2.00. The summed E-state index contributed by atoms with van der Waals surface area (Å²) in [6, 6.07) is 8.53. The summed E-state index contributed by atoms with van der Waals surface area (Å²) in [5.41, 5.74) is 1.10. The Labute approximate surface area is 87.9 Å². The molecular formula is C12H9FN2. The molecule has 1 aromatic carbocycles. The molecule has 2 nitrogen and oxygen atoms in total. The Morgan fingerprint density at radius 3 is 2.67 bits per heavy atom. The Morgan fingerprint density at radius 1 is 1.27 bits per heavy atom. The first-order valence-corrected chi connectivity index (χ1v) is 4.47. The number of allylic oxidation sites excluding steroid dienone is 1. The molecule has 0 saturated heterocycles. The van der Waals surface area contributed by atoms with E-state index in [0.29, 0.717) is 17.5 Å². The molecule has 0 atom stereocenters. The number of hydrogen-bond acceptors (Lipinski definition) is 2. The lowest BCUT2D eigenvalue weighted by molar-refractivity contribution is 0.615. The van der Waals surface area contributed by atoms with Crippen LogP contribution in [0.5, 0.6) is 0 Å². The van der Waals surface area contributed by atoms with Crippen LogP contribution in [0.15, 0.2) is 24.3 Å². The van der Waals surface area contributed by atoms with Crippen LogP contribution < -0.4 is 0 Å². The molecule has 0 aromatic heterocycles. The molecule has 1 aromatic rings. The van der Waals surface area contributed by atoms with Gasteiger partial charge in [0.05, 0.1) is 25.0 Å². The molecule has 0 spiro atoms. The van der Waals surface area contributed by atoms with E-state index < -0.39 is 0 Å². The van der Waals surface area contributed by atoms with Crippen LogP contribution in [0, 0.1) is 28.5 Å². The molecule has 0 radical (unpaired) electrons. The smallest absolute Gasteiger partial charge is 0.128 e. The minimum atomic E-state index is -0.379. The summed E-state index contributed by atoms with van der Waals surface area (Å²) < 4.78 is 13.3. The lowest BCUT2D eigenvalue weighted by atomic mass is 10.1. The van der Waals surface area contributed by atoms with Crippen molar-refractivity contribution in [1.29, 1.82) is 10.5 Å². The van der Waals surface area contributed by atoms with Gasteiger partial charge in [0.25, 0.3) is 0 Å². The van der Waals surface area contributed by atoms with Gasteiger partial charge in [-0.2, -0.15) is 10.5 Å². The van der Waals surface area contributed by atoms with Gasteiger partial charge in [0, 0.05) is 5.56 Å². The lowest BCUT2D eigenvalue weighted by Crippen LogP contribution is -1.88. The van der Waals surface area contributed by atoms with Gasteiger partial charge in [0.2, 0.25) is 0 Å².